The highest BCUT2D eigenvalue weighted by Crippen LogP contribution is 2.34. The molecule has 0 saturated carbocycles. The van der Waals surface area contributed by atoms with Crippen LogP contribution in [0.5, 0.6) is 5.75 Å². The second-order valence-corrected chi connectivity index (χ2v) is 6.05. The Balaban J connectivity index is 1.71. The Morgan fingerprint density at radius 3 is 2.81 bits per heavy atom. The van der Waals surface area contributed by atoms with Crippen molar-refractivity contribution in [2.24, 2.45) is 0 Å². The van der Waals surface area contributed by atoms with Gasteiger partial charge in [0, 0.05) is 17.2 Å². The minimum Gasteiger partial charge on any atom is -0.483 e. The van der Waals surface area contributed by atoms with Gasteiger partial charge >= 0.3 is 0 Å². The van der Waals surface area contributed by atoms with Crippen molar-refractivity contribution in [3.05, 3.63) is 54.1 Å². The number of amides is 1. The summed E-state index contributed by atoms with van der Waals surface area (Å²) in [7, 11) is 0. The Bertz CT molecular complexity index is 657. The number of para-hydroxylation sites is 2. The lowest BCUT2D eigenvalue weighted by Gasteiger charge is -2.28. The smallest absolute Gasteiger partial charge is 0.264 e. The fourth-order valence-corrected chi connectivity index (χ4v) is 3.36. The number of benzene rings is 2. The first kappa shape index (κ1) is 14.0. The molecule has 3 rings (SSSR count). The lowest BCUT2D eigenvalue weighted by atomic mass is 10.2. The van der Waals surface area contributed by atoms with Gasteiger partial charge in [-0.05, 0) is 30.7 Å². The molecule has 0 N–H and O–H groups in total. The average molecular weight is 299 g/mol. The quantitative estimate of drug-likeness (QED) is 0.868. The van der Waals surface area contributed by atoms with Crippen LogP contribution in [0.2, 0.25) is 0 Å². The molecule has 21 heavy (non-hydrogen) atoms. The third kappa shape index (κ3) is 3.05. The standard InChI is InChI=1S/C17H17NO2S/c1-13-6-2-4-8-15(13)20-12-17(19)18-10-11-21-16-9-5-3-7-14(16)18/h2-9H,10-12H2,1H3. The SMILES string of the molecule is Cc1ccccc1OCC(=O)N1CCSc2ccccc21. The Morgan fingerprint density at radius 1 is 1.19 bits per heavy atom. The van der Waals surface area contributed by atoms with Crippen LogP contribution in [0.1, 0.15) is 5.56 Å². The fraction of sp³-hybridized carbons (Fsp3) is 0.235. The van der Waals surface area contributed by atoms with Gasteiger partial charge < -0.3 is 9.64 Å². The van der Waals surface area contributed by atoms with Crippen LogP contribution in [0.15, 0.2) is 53.4 Å². The maximum absolute atomic E-state index is 12.4. The van der Waals surface area contributed by atoms with Gasteiger partial charge in [0.2, 0.25) is 0 Å². The number of fused-ring (bicyclic) bond motifs is 1. The van der Waals surface area contributed by atoms with E-state index < -0.39 is 0 Å². The van der Waals surface area contributed by atoms with Crippen LogP contribution in [0.4, 0.5) is 5.69 Å². The van der Waals surface area contributed by atoms with E-state index in [1.165, 1.54) is 0 Å². The lowest BCUT2D eigenvalue weighted by molar-refractivity contribution is -0.120. The number of carbonyl (C=O) groups excluding carboxylic acids is 1. The van der Waals surface area contributed by atoms with Gasteiger partial charge in [-0.2, -0.15) is 0 Å². The van der Waals surface area contributed by atoms with E-state index in [0.717, 1.165) is 34.2 Å². The van der Waals surface area contributed by atoms with Gasteiger partial charge in [-0.3, -0.25) is 4.79 Å². The highest BCUT2D eigenvalue weighted by Gasteiger charge is 2.22. The molecule has 108 valence electrons. The summed E-state index contributed by atoms with van der Waals surface area (Å²) in [6.07, 6.45) is 0. The number of aryl methyl sites for hydroxylation is 1. The van der Waals surface area contributed by atoms with Gasteiger partial charge in [0.05, 0.1) is 5.69 Å². The number of anilines is 1. The van der Waals surface area contributed by atoms with E-state index in [4.69, 9.17) is 4.74 Å². The van der Waals surface area contributed by atoms with Gasteiger partial charge in [-0.25, -0.2) is 0 Å². The van der Waals surface area contributed by atoms with Crippen LogP contribution in [-0.2, 0) is 4.79 Å². The zero-order valence-corrected chi connectivity index (χ0v) is 12.7. The zero-order chi connectivity index (χ0) is 14.7. The molecule has 1 amide bonds. The number of nitrogens with zero attached hydrogens (tertiary/aromatic N) is 1. The van der Waals surface area contributed by atoms with E-state index in [-0.39, 0.29) is 12.5 Å². The minimum absolute atomic E-state index is 0.00556. The minimum atomic E-state index is 0.00556. The third-order valence-corrected chi connectivity index (χ3v) is 4.52. The van der Waals surface area contributed by atoms with E-state index >= 15 is 0 Å². The summed E-state index contributed by atoms with van der Waals surface area (Å²) >= 11 is 1.79. The second kappa shape index (κ2) is 6.22. The molecule has 3 nitrogen and oxygen atoms in total. The molecule has 0 unspecified atom stereocenters. The maximum Gasteiger partial charge on any atom is 0.264 e. The van der Waals surface area contributed by atoms with E-state index in [9.17, 15) is 4.79 Å². The van der Waals surface area contributed by atoms with Crippen LogP contribution in [-0.4, -0.2) is 24.8 Å². The molecule has 2 aromatic rings. The summed E-state index contributed by atoms with van der Waals surface area (Å²) in [6, 6.07) is 15.8. The van der Waals surface area contributed by atoms with Crippen molar-refractivity contribution < 1.29 is 9.53 Å². The lowest BCUT2D eigenvalue weighted by Crippen LogP contribution is -2.38. The van der Waals surface area contributed by atoms with Gasteiger partial charge in [-0.1, -0.05) is 30.3 Å². The number of thioether (sulfide) groups is 1. The van der Waals surface area contributed by atoms with Crippen molar-refractivity contribution in [2.75, 3.05) is 23.8 Å². The average Bonchev–Trinajstić information content (AvgIpc) is 2.53. The van der Waals surface area contributed by atoms with Crippen LogP contribution in [0, 0.1) is 6.92 Å². The first-order chi connectivity index (χ1) is 10.3. The number of rotatable bonds is 3. The molecule has 0 aromatic heterocycles. The van der Waals surface area contributed by atoms with Crippen molar-refractivity contribution >= 4 is 23.4 Å². The molecule has 0 atom stereocenters. The number of ether oxygens (including phenoxy) is 1. The molecule has 0 radical (unpaired) electrons. The van der Waals surface area contributed by atoms with Crippen molar-refractivity contribution in [1.82, 2.24) is 0 Å². The van der Waals surface area contributed by atoms with E-state index in [2.05, 4.69) is 6.07 Å². The topological polar surface area (TPSA) is 29.5 Å². The summed E-state index contributed by atoms with van der Waals surface area (Å²) in [5.41, 5.74) is 2.03. The maximum atomic E-state index is 12.4. The summed E-state index contributed by atoms with van der Waals surface area (Å²) in [5, 5.41) is 0. The largest absolute Gasteiger partial charge is 0.483 e. The third-order valence-electron chi connectivity index (χ3n) is 3.47. The van der Waals surface area contributed by atoms with Gasteiger partial charge in [0.15, 0.2) is 6.61 Å². The van der Waals surface area contributed by atoms with Gasteiger partial charge in [-0.15, -0.1) is 11.8 Å². The summed E-state index contributed by atoms with van der Waals surface area (Å²) in [5.74, 6) is 1.70. The molecular weight excluding hydrogens is 282 g/mol. The first-order valence-electron chi connectivity index (χ1n) is 6.96. The second-order valence-electron chi connectivity index (χ2n) is 4.92. The van der Waals surface area contributed by atoms with Crippen molar-refractivity contribution in [3.8, 4) is 5.75 Å². The van der Waals surface area contributed by atoms with Crippen LogP contribution in [0.25, 0.3) is 0 Å². The molecule has 4 heteroatoms. The van der Waals surface area contributed by atoms with E-state index in [0.29, 0.717) is 0 Å². The Labute approximate surface area is 128 Å². The van der Waals surface area contributed by atoms with Gasteiger partial charge in [0.25, 0.3) is 5.91 Å². The zero-order valence-electron chi connectivity index (χ0n) is 11.9. The Hall–Kier alpha value is -1.94. The van der Waals surface area contributed by atoms with Crippen LogP contribution >= 0.6 is 11.8 Å². The predicted octanol–water partition coefficient (Wildman–Crippen LogP) is 3.51. The molecule has 1 heterocycles. The first-order valence-corrected chi connectivity index (χ1v) is 7.95. The molecule has 0 spiro atoms. The molecule has 1 aliphatic rings. The van der Waals surface area contributed by atoms with Crippen molar-refractivity contribution in [2.45, 2.75) is 11.8 Å². The highest BCUT2D eigenvalue weighted by atomic mass is 32.2. The van der Waals surface area contributed by atoms with E-state index in [1.807, 2.05) is 54.3 Å². The number of carbonyl (C=O) groups is 1. The predicted molar refractivity (Wildman–Crippen MR) is 86.2 cm³/mol. The molecule has 0 fully saturated rings. The molecule has 0 aliphatic carbocycles. The summed E-state index contributed by atoms with van der Waals surface area (Å²) < 4.78 is 5.67. The highest BCUT2D eigenvalue weighted by molar-refractivity contribution is 7.99. The van der Waals surface area contributed by atoms with Crippen molar-refractivity contribution in [3.63, 3.8) is 0 Å². The van der Waals surface area contributed by atoms with Crippen LogP contribution < -0.4 is 9.64 Å². The summed E-state index contributed by atoms with van der Waals surface area (Å²) in [4.78, 5) is 15.4. The fourth-order valence-electron chi connectivity index (χ4n) is 2.36. The van der Waals surface area contributed by atoms with Crippen LogP contribution in [0.3, 0.4) is 0 Å². The molecular formula is C17H17NO2S. The Morgan fingerprint density at radius 2 is 1.95 bits per heavy atom. The Kier molecular flexibility index (Phi) is 4.15. The summed E-state index contributed by atoms with van der Waals surface area (Å²) in [6.45, 7) is 2.79. The molecule has 2 aromatic carbocycles. The molecule has 1 aliphatic heterocycles. The van der Waals surface area contributed by atoms with Gasteiger partial charge in [0.1, 0.15) is 5.75 Å². The number of hydrogen-bond acceptors (Lipinski definition) is 3. The van der Waals surface area contributed by atoms with Crippen molar-refractivity contribution in [1.29, 1.82) is 0 Å². The van der Waals surface area contributed by atoms with E-state index in [1.54, 1.807) is 11.8 Å². The number of hydrogen-bond donors (Lipinski definition) is 0. The normalized spacial score (nSPS) is 13.7. The molecule has 0 saturated heterocycles. The molecule has 0 bridgehead atoms. The monoisotopic (exact) mass is 299 g/mol.